The zero-order valence-electron chi connectivity index (χ0n) is 8.59. The van der Waals surface area contributed by atoms with Crippen LogP contribution in [0.15, 0.2) is 47.3 Å². The van der Waals surface area contributed by atoms with Crippen LogP contribution in [0, 0.1) is 0 Å². The molecule has 0 aliphatic carbocycles. The molecule has 0 saturated carbocycles. The molecule has 15 heavy (non-hydrogen) atoms. The predicted octanol–water partition coefficient (Wildman–Crippen LogP) is 4.87. The van der Waals surface area contributed by atoms with Crippen LogP contribution < -0.4 is 4.90 Å². The topological polar surface area (TPSA) is 3.24 Å². The molecule has 0 saturated heterocycles. The lowest BCUT2D eigenvalue weighted by molar-refractivity contribution is 1.20. The van der Waals surface area contributed by atoms with E-state index < -0.39 is 0 Å². The summed E-state index contributed by atoms with van der Waals surface area (Å²) in [7, 11) is 0. The van der Waals surface area contributed by atoms with Crippen LogP contribution in [0.25, 0.3) is 0 Å². The van der Waals surface area contributed by atoms with Gasteiger partial charge in [-0.3, -0.25) is 0 Å². The average molecular weight is 235 g/mol. The lowest BCUT2D eigenvalue weighted by Gasteiger charge is -2.15. The monoisotopic (exact) mass is 235 g/mol. The van der Waals surface area contributed by atoms with Crippen LogP contribution in [-0.4, -0.2) is 0 Å². The minimum atomic E-state index is 1.06. The molecule has 2 aromatic rings. The first-order chi connectivity index (χ1) is 7.42. The number of hydrogen-bond donors (Lipinski definition) is 0. The zero-order valence-corrected chi connectivity index (χ0v) is 10.2. The molecule has 3 heteroatoms. The van der Waals surface area contributed by atoms with Gasteiger partial charge in [-0.1, -0.05) is 13.0 Å². The van der Waals surface area contributed by atoms with Gasteiger partial charge in [0.05, 0.1) is 0 Å². The van der Waals surface area contributed by atoms with Gasteiger partial charge in [0.2, 0.25) is 0 Å². The van der Waals surface area contributed by atoms with E-state index in [1.165, 1.54) is 10.0 Å². The summed E-state index contributed by atoms with van der Waals surface area (Å²) in [6, 6.07) is 8.45. The molecule has 0 amide bonds. The number of thiophene rings is 2. The lowest BCUT2D eigenvalue weighted by Crippen LogP contribution is -2.04. The SMILES string of the molecule is CCC=CN(c1cccs1)c1cccs1. The van der Waals surface area contributed by atoms with E-state index in [9.17, 15) is 0 Å². The summed E-state index contributed by atoms with van der Waals surface area (Å²) in [4.78, 5) is 2.23. The van der Waals surface area contributed by atoms with Crippen LogP contribution in [0.4, 0.5) is 10.0 Å². The van der Waals surface area contributed by atoms with E-state index in [-0.39, 0.29) is 0 Å². The Bertz CT molecular complexity index is 367. The third-order valence-electron chi connectivity index (χ3n) is 1.98. The van der Waals surface area contributed by atoms with Gasteiger partial charge >= 0.3 is 0 Å². The second kappa shape index (κ2) is 5.14. The van der Waals surface area contributed by atoms with E-state index in [1.54, 1.807) is 22.7 Å². The Morgan fingerprint density at radius 2 is 1.73 bits per heavy atom. The Morgan fingerprint density at radius 3 is 2.13 bits per heavy atom. The van der Waals surface area contributed by atoms with Crippen LogP contribution in [0.5, 0.6) is 0 Å². The molecule has 0 atom stereocenters. The second-order valence-corrected chi connectivity index (χ2v) is 4.92. The molecular weight excluding hydrogens is 222 g/mol. The van der Waals surface area contributed by atoms with Gasteiger partial charge in [-0.25, -0.2) is 0 Å². The fourth-order valence-electron chi connectivity index (χ4n) is 1.28. The second-order valence-electron chi connectivity index (χ2n) is 3.07. The first-order valence-corrected chi connectivity index (χ1v) is 6.70. The van der Waals surface area contributed by atoms with Crippen LogP contribution >= 0.6 is 22.7 Å². The molecule has 0 fully saturated rings. The van der Waals surface area contributed by atoms with Crippen LogP contribution in [-0.2, 0) is 0 Å². The normalized spacial score (nSPS) is 11.0. The molecule has 78 valence electrons. The lowest BCUT2D eigenvalue weighted by atomic mass is 10.4. The van der Waals surface area contributed by atoms with Crippen molar-refractivity contribution < 1.29 is 0 Å². The Kier molecular flexibility index (Phi) is 3.59. The van der Waals surface area contributed by atoms with Gasteiger partial charge in [-0.15, -0.1) is 22.7 Å². The summed E-state index contributed by atoms with van der Waals surface area (Å²) in [5, 5.41) is 6.75. The third-order valence-corrected chi connectivity index (χ3v) is 3.71. The van der Waals surface area contributed by atoms with Gasteiger partial charge in [0.15, 0.2) is 0 Å². The Morgan fingerprint density at radius 1 is 1.13 bits per heavy atom. The third kappa shape index (κ3) is 2.49. The zero-order chi connectivity index (χ0) is 10.5. The van der Waals surface area contributed by atoms with Gasteiger partial charge in [0.25, 0.3) is 0 Å². The maximum Gasteiger partial charge on any atom is 0.100 e. The molecule has 0 spiro atoms. The van der Waals surface area contributed by atoms with E-state index in [0.717, 1.165) is 6.42 Å². The van der Waals surface area contributed by atoms with Crippen molar-refractivity contribution in [2.45, 2.75) is 13.3 Å². The number of nitrogens with zero attached hydrogens (tertiary/aromatic N) is 1. The van der Waals surface area contributed by atoms with E-state index in [1.807, 2.05) is 0 Å². The van der Waals surface area contributed by atoms with Crippen molar-refractivity contribution in [3.8, 4) is 0 Å². The Hall–Kier alpha value is -1.06. The van der Waals surface area contributed by atoms with Crippen molar-refractivity contribution in [2.75, 3.05) is 4.90 Å². The maximum atomic E-state index is 2.23. The predicted molar refractivity (Wildman–Crippen MR) is 70.2 cm³/mol. The van der Waals surface area contributed by atoms with Crippen LogP contribution in [0.2, 0.25) is 0 Å². The summed E-state index contributed by atoms with van der Waals surface area (Å²) >= 11 is 3.52. The van der Waals surface area contributed by atoms with Gasteiger partial charge in [-0.2, -0.15) is 0 Å². The Balaban J connectivity index is 2.29. The highest BCUT2D eigenvalue weighted by Crippen LogP contribution is 2.32. The fraction of sp³-hybridized carbons (Fsp3) is 0.167. The summed E-state index contributed by atoms with van der Waals surface area (Å²) in [5.41, 5.74) is 0. The highest BCUT2D eigenvalue weighted by atomic mass is 32.1. The molecule has 0 bridgehead atoms. The Labute approximate surface area is 98.3 Å². The number of allylic oxidation sites excluding steroid dienone is 1. The van der Waals surface area contributed by atoms with Crippen molar-refractivity contribution in [3.05, 3.63) is 47.3 Å². The first-order valence-electron chi connectivity index (χ1n) is 4.94. The maximum absolute atomic E-state index is 2.23. The molecule has 2 heterocycles. The summed E-state index contributed by atoms with van der Waals surface area (Å²) in [5.74, 6) is 0. The number of rotatable bonds is 4. The highest BCUT2D eigenvalue weighted by molar-refractivity contribution is 7.16. The van der Waals surface area contributed by atoms with Crippen molar-refractivity contribution in [2.24, 2.45) is 0 Å². The fourth-order valence-corrected chi connectivity index (χ4v) is 2.79. The molecule has 1 nitrogen and oxygen atoms in total. The summed E-state index contributed by atoms with van der Waals surface area (Å²) in [6.45, 7) is 2.15. The van der Waals surface area contributed by atoms with Gasteiger partial charge < -0.3 is 4.90 Å². The molecule has 0 aliphatic rings. The van der Waals surface area contributed by atoms with Crippen LogP contribution in [0.3, 0.4) is 0 Å². The smallest absolute Gasteiger partial charge is 0.100 e. The van der Waals surface area contributed by atoms with Crippen molar-refractivity contribution in [1.29, 1.82) is 0 Å². The largest absolute Gasteiger partial charge is 0.300 e. The summed E-state index contributed by atoms with van der Waals surface area (Å²) in [6.07, 6.45) is 5.39. The molecule has 2 aromatic heterocycles. The van der Waals surface area contributed by atoms with E-state index in [2.05, 4.69) is 59.1 Å². The minimum Gasteiger partial charge on any atom is -0.300 e. The summed E-state index contributed by atoms with van der Waals surface area (Å²) < 4.78 is 0. The molecule has 0 aliphatic heterocycles. The molecule has 0 N–H and O–H groups in total. The van der Waals surface area contributed by atoms with Crippen molar-refractivity contribution >= 4 is 32.7 Å². The molecule has 0 radical (unpaired) electrons. The van der Waals surface area contributed by atoms with E-state index >= 15 is 0 Å². The molecule has 2 rings (SSSR count). The van der Waals surface area contributed by atoms with Crippen LogP contribution in [0.1, 0.15) is 13.3 Å². The number of hydrogen-bond acceptors (Lipinski definition) is 3. The van der Waals surface area contributed by atoms with E-state index in [0.29, 0.717) is 0 Å². The van der Waals surface area contributed by atoms with E-state index in [4.69, 9.17) is 0 Å². The molecule has 0 aromatic carbocycles. The first kappa shape index (κ1) is 10.5. The molecule has 0 unspecified atom stereocenters. The number of anilines is 2. The molecular formula is C12H13NS2. The van der Waals surface area contributed by atoms with Gasteiger partial charge in [-0.05, 0) is 41.4 Å². The average Bonchev–Trinajstić information content (AvgIpc) is 2.90. The van der Waals surface area contributed by atoms with Gasteiger partial charge in [0.1, 0.15) is 10.0 Å². The highest BCUT2D eigenvalue weighted by Gasteiger charge is 2.06. The van der Waals surface area contributed by atoms with Crippen molar-refractivity contribution in [3.63, 3.8) is 0 Å². The van der Waals surface area contributed by atoms with Gasteiger partial charge in [0, 0.05) is 6.20 Å². The standard InChI is InChI=1S/C12H13NS2/c1-2-3-8-13(11-6-4-9-14-11)12-7-5-10-15-12/h3-10H,2H2,1H3. The minimum absolute atomic E-state index is 1.06. The van der Waals surface area contributed by atoms with Crippen molar-refractivity contribution in [1.82, 2.24) is 0 Å². The quantitative estimate of drug-likeness (QED) is 0.730.